The molecule has 0 saturated heterocycles. The number of carbonyl (C=O) groups is 1. The molecule has 1 amide bonds. The fraction of sp³-hybridized carbons (Fsp3) is 0.458. The summed E-state index contributed by atoms with van der Waals surface area (Å²) in [5, 5.41) is 4.35. The summed E-state index contributed by atoms with van der Waals surface area (Å²) in [6.07, 6.45) is 6.06. The maximum absolute atomic E-state index is 13.5. The van der Waals surface area contributed by atoms with Crippen molar-refractivity contribution in [3.8, 4) is 11.5 Å². The minimum Gasteiger partial charge on any atom is -0.486 e. The normalized spacial score (nSPS) is 21.2. The highest BCUT2D eigenvalue weighted by atomic mass is 16.6. The van der Waals surface area contributed by atoms with E-state index in [2.05, 4.69) is 24.2 Å². The van der Waals surface area contributed by atoms with Crippen molar-refractivity contribution in [3.63, 3.8) is 0 Å². The van der Waals surface area contributed by atoms with Crippen LogP contribution in [0.3, 0.4) is 0 Å². The zero-order valence-corrected chi connectivity index (χ0v) is 18.1. The molecule has 8 heteroatoms. The molecule has 1 saturated carbocycles. The number of aromatic nitrogens is 3. The number of fused-ring (bicyclic) bond motifs is 4. The lowest BCUT2D eigenvalue weighted by Crippen LogP contribution is -2.50. The lowest BCUT2D eigenvalue weighted by Gasteiger charge is -2.46. The highest BCUT2D eigenvalue weighted by Crippen LogP contribution is 2.51. The average molecular weight is 434 g/mol. The van der Waals surface area contributed by atoms with E-state index in [0.717, 1.165) is 42.7 Å². The van der Waals surface area contributed by atoms with Gasteiger partial charge < -0.3 is 14.4 Å². The molecule has 4 heterocycles. The summed E-state index contributed by atoms with van der Waals surface area (Å²) in [5.74, 6) is 1.47. The lowest BCUT2D eigenvalue weighted by atomic mass is 9.71. The van der Waals surface area contributed by atoms with Gasteiger partial charge in [0.1, 0.15) is 19.8 Å². The average Bonchev–Trinajstić information content (AvgIpc) is 3.41. The zero-order chi connectivity index (χ0) is 21.9. The predicted molar refractivity (Wildman–Crippen MR) is 117 cm³/mol. The van der Waals surface area contributed by atoms with Crippen LogP contribution >= 0.6 is 0 Å². The van der Waals surface area contributed by atoms with Gasteiger partial charge in [0.05, 0.1) is 6.04 Å². The summed E-state index contributed by atoms with van der Waals surface area (Å²) in [6, 6.07) is 9.47. The summed E-state index contributed by atoms with van der Waals surface area (Å²) in [4.78, 5) is 28.1. The van der Waals surface area contributed by atoms with E-state index in [0.29, 0.717) is 25.4 Å². The fourth-order valence-corrected chi connectivity index (χ4v) is 5.70. The number of rotatable bonds is 2. The van der Waals surface area contributed by atoms with E-state index < -0.39 is 0 Å². The first-order valence-electron chi connectivity index (χ1n) is 11.3. The molecule has 3 aliphatic rings. The van der Waals surface area contributed by atoms with Crippen LogP contribution in [0.25, 0.3) is 5.65 Å². The smallest absolute Gasteiger partial charge is 0.350 e. The topological polar surface area (TPSA) is 78.1 Å². The molecule has 1 unspecified atom stereocenters. The van der Waals surface area contributed by atoms with Crippen molar-refractivity contribution in [2.75, 3.05) is 19.8 Å². The molecule has 1 fully saturated rings. The minimum absolute atomic E-state index is 0.0686. The molecule has 2 aliphatic heterocycles. The van der Waals surface area contributed by atoms with Crippen molar-refractivity contribution >= 4 is 11.6 Å². The zero-order valence-electron chi connectivity index (χ0n) is 18.1. The van der Waals surface area contributed by atoms with Crippen LogP contribution in [-0.2, 0) is 16.8 Å². The lowest BCUT2D eigenvalue weighted by molar-refractivity contribution is -0.136. The van der Waals surface area contributed by atoms with Crippen LogP contribution in [0.4, 0.5) is 0 Å². The Morgan fingerprint density at radius 3 is 2.66 bits per heavy atom. The van der Waals surface area contributed by atoms with Crippen LogP contribution in [0, 0.1) is 0 Å². The van der Waals surface area contributed by atoms with Crippen molar-refractivity contribution in [1.29, 1.82) is 0 Å². The van der Waals surface area contributed by atoms with Gasteiger partial charge in [-0.05, 0) is 55.2 Å². The van der Waals surface area contributed by atoms with Gasteiger partial charge in [0.25, 0.3) is 0 Å². The van der Waals surface area contributed by atoms with Crippen LogP contribution < -0.4 is 15.2 Å². The summed E-state index contributed by atoms with van der Waals surface area (Å²) in [7, 11) is 0. The Balaban J connectivity index is 1.38. The molecule has 0 N–H and O–H groups in total. The summed E-state index contributed by atoms with van der Waals surface area (Å²) in [6.45, 7) is 3.74. The summed E-state index contributed by atoms with van der Waals surface area (Å²) >= 11 is 0. The van der Waals surface area contributed by atoms with Crippen molar-refractivity contribution in [2.45, 2.75) is 50.6 Å². The van der Waals surface area contributed by atoms with E-state index in [9.17, 15) is 9.59 Å². The van der Waals surface area contributed by atoms with Gasteiger partial charge in [-0.2, -0.15) is 0 Å². The van der Waals surface area contributed by atoms with Crippen LogP contribution in [-0.4, -0.2) is 44.7 Å². The van der Waals surface area contributed by atoms with Gasteiger partial charge in [-0.15, -0.1) is 5.10 Å². The van der Waals surface area contributed by atoms with Crippen LogP contribution in [0.1, 0.15) is 49.8 Å². The maximum atomic E-state index is 13.5. The third kappa shape index (κ3) is 2.85. The number of hydrogen-bond acceptors (Lipinski definition) is 5. The van der Waals surface area contributed by atoms with Gasteiger partial charge in [-0.1, -0.05) is 18.9 Å². The number of hydrogen-bond donors (Lipinski definition) is 0. The fourth-order valence-electron chi connectivity index (χ4n) is 5.70. The second-order valence-corrected chi connectivity index (χ2v) is 9.14. The molecule has 1 aromatic carbocycles. The molecule has 1 atom stereocenters. The summed E-state index contributed by atoms with van der Waals surface area (Å²) in [5.41, 5.74) is 2.59. The third-order valence-corrected chi connectivity index (χ3v) is 7.33. The van der Waals surface area contributed by atoms with Gasteiger partial charge in [-0.3, -0.25) is 9.20 Å². The standard InChI is InChI=1S/C24H26N4O4/c1-16-17-12-19-20(32-11-10-31-19)13-18(17)24(7-3-4-8-24)15-27(16)22(29)14-28-23(30)26-9-5-2-6-21(26)25-28/h2,5-6,9,12-13,16H,3-4,7-8,10-11,14-15H2,1H3. The first kappa shape index (κ1) is 19.4. The first-order valence-corrected chi connectivity index (χ1v) is 11.3. The number of nitrogens with zero attached hydrogens (tertiary/aromatic N) is 4. The molecule has 1 aliphatic carbocycles. The van der Waals surface area contributed by atoms with E-state index in [4.69, 9.17) is 9.47 Å². The Labute approximate surface area is 185 Å². The Morgan fingerprint density at radius 1 is 1.16 bits per heavy atom. The van der Waals surface area contributed by atoms with Crippen LogP contribution in [0.2, 0.25) is 0 Å². The molecule has 0 bridgehead atoms. The van der Waals surface area contributed by atoms with E-state index in [1.54, 1.807) is 18.3 Å². The molecular formula is C24H26N4O4. The number of benzene rings is 1. The van der Waals surface area contributed by atoms with Crippen LogP contribution in [0.15, 0.2) is 41.3 Å². The van der Waals surface area contributed by atoms with Gasteiger partial charge in [0, 0.05) is 18.2 Å². The number of amides is 1. The highest BCUT2D eigenvalue weighted by molar-refractivity contribution is 5.77. The van der Waals surface area contributed by atoms with E-state index >= 15 is 0 Å². The Bertz CT molecular complexity index is 1270. The largest absolute Gasteiger partial charge is 0.486 e. The Kier molecular flexibility index (Phi) is 4.31. The number of carbonyl (C=O) groups excluding carboxylic acids is 1. The first-order chi connectivity index (χ1) is 15.6. The SMILES string of the molecule is CC1c2cc3c(cc2C2(CCCC2)CN1C(=O)Cn1nc2ccccn2c1=O)OCCO3. The minimum atomic E-state index is -0.297. The molecule has 3 aromatic rings. The maximum Gasteiger partial charge on any atom is 0.350 e. The molecule has 32 heavy (non-hydrogen) atoms. The van der Waals surface area contributed by atoms with Crippen molar-refractivity contribution < 1.29 is 14.3 Å². The Morgan fingerprint density at radius 2 is 1.91 bits per heavy atom. The Hall–Kier alpha value is -3.29. The molecule has 8 nitrogen and oxygen atoms in total. The molecule has 166 valence electrons. The van der Waals surface area contributed by atoms with Gasteiger partial charge in [-0.25, -0.2) is 9.48 Å². The second kappa shape index (κ2) is 7.12. The van der Waals surface area contributed by atoms with Crippen LogP contribution in [0.5, 0.6) is 11.5 Å². The predicted octanol–water partition coefficient (Wildman–Crippen LogP) is 2.68. The van der Waals surface area contributed by atoms with Gasteiger partial charge in [0.15, 0.2) is 17.1 Å². The number of ether oxygens (including phenoxy) is 2. The molecule has 6 rings (SSSR count). The van der Waals surface area contributed by atoms with Crippen molar-refractivity contribution in [2.24, 2.45) is 0 Å². The quantitative estimate of drug-likeness (QED) is 0.620. The molecule has 1 spiro atoms. The molecule has 2 aromatic heterocycles. The van der Waals surface area contributed by atoms with Crippen molar-refractivity contribution in [1.82, 2.24) is 19.1 Å². The summed E-state index contributed by atoms with van der Waals surface area (Å²) < 4.78 is 14.4. The highest BCUT2D eigenvalue weighted by Gasteiger charge is 2.46. The van der Waals surface area contributed by atoms with E-state index in [1.165, 1.54) is 14.6 Å². The third-order valence-electron chi connectivity index (χ3n) is 7.33. The number of pyridine rings is 1. The van der Waals surface area contributed by atoms with E-state index in [1.807, 2.05) is 11.0 Å². The monoisotopic (exact) mass is 434 g/mol. The van der Waals surface area contributed by atoms with E-state index in [-0.39, 0.29) is 29.6 Å². The molecular weight excluding hydrogens is 408 g/mol. The molecule has 0 radical (unpaired) electrons. The van der Waals surface area contributed by atoms with Gasteiger partial charge in [0.2, 0.25) is 5.91 Å². The second-order valence-electron chi connectivity index (χ2n) is 9.14. The van der Waals surface area contributed by atoms with Gasteiger partial charge >= 0.3 is 5.69 Å². The van der Waals surface area contributed by atoms with Crippen molar-refractivity contribution in [3.05, 3.63) is 58.1 Å².